The van der Waals surface area contributed by atoms with Gasteiger partial charge in [-0.1, -0.05) is 0 Å². The predicted octanol–water partition coefficient (Wildman–Crippen LogP) is -0.681. The molecule has 0 heterocycles. The zero-order valence-corrected chi connectivity index (χ0v) is 5.63. The summed E-state index contributed by atoms with van der Waals surface area (Å²) in [6, 6.07) is 0. The molecule has 0 aliphatic rings. The van der Waals surface area contributed by atoms with Crippen LogP contribution in [0.25, 0.3) is 0 Å². The fourth-order valence-electron chi connectivity index (χ4n) is 0.129. The fraction of sp³-hybridized carbons (Fsp3) is 0.667. The van der Waals surface area contributed by atoms with Crippen molar-refractivity contribution in [2.24, 2.45) is 0 Å². The Morgan fingerprint density at radius 2 is 1.78 bits per heavy atom. The van der Waals surface area contributed by atoms with Crippen LogP contribution in [0.3, 0.4) is 0 Å². The third-order valence-electron chi connectivity index (χ3n) is 0.273. The fourth-order valence-corrected chi connectivity index (χ4v) is 0.129. The maximum atomic E-state index is 7.93. The number of hydrogen-bond acceptors (Lipinski definition) is 3. The first kappa shape index (κ1) is 11.3. The van der Waals surface area contributed by atoms with E-state index in [4.69, 9.17) is 15.3 Å². The summed E-state index contributed by atoms with van der Waals surface area (Å²) in [5.74, 6) is 4.39. The van der Waals surface area contributed by atoms with E-state index < -0.39 is 6.29 Å². The Labute approximate surface area is 55.0 Å². The van der Waals surface area contributed by atoms with Gasteiger partial charge < -0.3 is 15.3 Å². The van der Waals surface area contributed by atoms with Gasteiger partial charge >= 0.3 is 0 Å². The highest BCUT2D eigenvalue weighted by atomic mass is 16.5. The Morgan fingerprint density at radius 3 is 1.78 bits per heavy atom. The standard InChI is InChI=1S/C4H6O2.C2H6O/c1-2-3-4(5)6;1-2-3/h4-6H,1H3;3H,2H2,1H3. The second-order valence-electron chi connectivity index (χ2n) is 1.08. The van der Waals surface area contributed by atoms with Crippen molar-refractivity contribution >= 4 is 0 Å². The minimum absolute atomic E-state index is 0.250. The topological polar surface area (TPSA) is 60.7 Å². The molecule has 0 amide bonds. The average Bonchev–Trinajstić information content (AvgIpc) is 1.67. The number of aliphatic hydroxyl groups excluding tert-OH is 2. The lowest BCUT2D eigenvalue weighted by Gasteiger charge is -1.82. The first-order chi connectivity index (χ1) is 4.18. The van der Waals surface area contributed by atoms with E-state index >= 15 is 0 Å². The van der Waals surface area contributed by atoms with Crippen molar-refractivity contribution in [3.8, 4) is 11.8 Å². The van der Waals surface area contributed by atoms with Crippen molar-refractivity contribution < 1.29 is 15.3 Å². The van der Waals surface area contributed by atoms with Gasteiger partial charge in [0, 0.05) is 6.61 Å². The minimum atomic E-state index is -1.46. The molecule has 0 aromatic heterocycles. The molecule has 0 saturated carbocycles. The van der Waals surface area contributed by atoms with Gasteiger partial charge in [-0.2, -0.15) is 0 Å². The molecule has 0 rings (SSSR count). The molecule has 0 aliphatic carbocycles. The molecule has 0 aromatic rings. The number of aliphatic hydroxyl groups is 3. The molecule has 0 atom stereocenters. The van der Waals surface area contributed by atoms with Crippen molar-refractivity contribution in [2.45, 2.75) is 20.1 Å². The van der Waals surface area contributed by atoms with E-state index in [0.717, 1.165) is 0 Å². The van der Waals surface area contributed by atoms with E-state index in [2.05, 4.69) is 11.8 Å². The monoisotopic (exact) mass is 132 g/mol. The van der Waals surface area contributed by atoms with Gasteiger partial charge in [0.25, 0.3) is 0 Å². The van der Waals surface area contributed by atoms with Crippen LogP contribution in [0.2, 0.25) is 0 Å². The van der Waals surface area contributed by atoms with Crippen LogP contribution in [0.5, 0.6) is 0 Å². The van der Waals surface area contributed by atoms with E-state index in [1.54, 1.807) is 13.8 Å². The van der Waals surface area contributed by atoms with E-state index in [0.29, 0.717) is 0 Å². The Hall–Kier alpha value is -0.560. The minimum Gasteiger partial charge on any atom is -0.397 e. The van der Waals surface area contributed by atoms with Crippen LogP contribution in [0.4, 0.5) is 0 Å². The smallest absolute Gasteiger partial charge is 0.217 e. The van der Waals surface area contributed by atoms with Crippen LogP contribution >= 0.6 is 0 Å². The van der Waals surface area contributed by atoms with E-state index in [1.165, 1.54) is 0 Å². The van der Waals surface area contributed by atoms with Crippen LogP contribution < -0.4 is 0 Å². The highest BCUT2D eigenvalue weighted by Gasteiger charge is 1.79. The number of hydrogen-bond donors (Lipinski definition) is 3. The van der Waals surface area contributed by atoms with Gasteiger partial charge in [-0.15, -0.1) is 5.92 Å². The Morgan fingerprint density at radius 1 is 1.44 bits per heavy atom. The summed E-state index contributed by atoms with van der Waals surface area (Å²) in [5, 5.41) is 23.4. The zero-order valence-electron chi connectivity index (χ0n) is 5.63. The molecule has 0 aromatic carbocycles. The van der Waals surface area contributed by atoms with Crippen LogP contribution in [0.15, 0.2) is 0 Å². The SMILES string of the molecule is CC#CC(O)O.CCO. The van der Waals surface area contributed by atoms with Gasteiger partial charge in [0.15, 0.2) is 0 Å². The van der Waals surface area contributed by atoms with Crippen molar-refractivity contribution in [3.05, 3.63) is 0 Å². The molecular weight excluding hydrogens is 120 g/mol. The molecule has 54 valence electrons. The van der Waals surface area contributed by atoms with Crippen molar-refractivity contribution in [2.75, 3.05) is 6.61 Å². The second-order valence-corrected chi connectivity index (χ2v) is 1.08. The summed E-state index contributed by atoms with van der Waals surface area (Å²) in [5.41, 5.74) is 0. The lowest BCUT2D eigenvalue weighted by Crippen LogP contribution is -1.97. The number of rotatable bonds is 0. The molecule has 0 bridgehead atoms. The Bertz CT molecular complexity index is 88.2. The van der Waals surface area contributed by atoms with Crippen LogP contribution in [-0.4, -0.2) is 28.2 Å². The highest BCUT2D eigenvalue weighted by Crippen LogP contribution is 1.63. The maximum absolute atomic E-state index is 7.93. The lowest BCUT2D eigenvalue weighted by molar-refractivity contribution is 0.0108. The molecule has 0 unspecified atom stereocenters. The molecule has 3 N–H and O–H groups in total. The van der Waals surface area contributed by atoms with E-state index in [1.807, 2.05) is 0 Å². The van der Waals surface area contributed by atoms with Gasteiger partial charge in [-0.05, 0) is 19.8 Å². The Kier molecular flexibility index (Phi) is 13.1. The first-order valence-corrected chi connectivity index (χ1v) is 2.58. The molecule has 3 nitrogen and oxygen atoms in total. The second kappa shape index (κ2) is 10.4. The highest BCUT2D eigenvalue weighted by molar-refractivity contribution is 4.96. The molecule has 0 saturated heterocycles. The van der Waals surface area contributed by atoms with Gasteiger partial charge in [-0.3, -0.25) is 0 Å². The average molecular weight is 132 g/mol. The van der Waals surface area contributed by atoms with Gasteiger partial charge in [0.1, 0.15) is 0 Å². The first-order valence-electron chi connectivity index (χ1n) is 2.58. The molecular formula is C6H12O3. The summed E-state index contributed by atoms with van der Waals surface area (Å²) in [7, 11) is 0. The molecule has 9 heavy (non-hydrogen) atoms. The third kappa shape index (κ3) is 37.0. The van der Waals surface area contributed by atoms with E-state index in [9.17, 15) is 0 Å². The van der Waals surface area contributed by atoms with Crippen molar-refractivity contribution in [1.82, 2.24) is 0 Å². The normalized spacial score (nSPS) is 6.89. The van der Waals surface area contributed by atoms with Crippen molar-refractivity contribution in [3.63, 3.8) is 0 Å². The summed E-state index contributed by atoms with van der Waals surface area (Å²) in [6.07, 6.45) is -1.46. The summed E-state index contributed by atoms with van der Waals surface area (Å²) in [4.78, 5) is 0. The summed E-state index contributed by atoms with van der Waals surface area (Å²) < 4.78 is 0. The third-order valence-corrected chi connectivity index (χ3v) is 0.273. The Balaban J connectivity index is 0. The lowest BCUT2D eigenvalue weighted by atomic mass is 10.6. The van der Waals surface area contributed by atoms with Crippen LogP contribution in [0, 0.1) is 11.8 Å². The van der Waals surface area contributed by atoms with Gasteiger partial charge in [0.05, 0.1) is 0 Å². The molecule has 0 aliphatic heterocycles. The summed E-state index contributed by atoms with van der Waals surface area (Å²) in [6.45, 7) is 3.47. The quantitative estimate of drug-likeness (QED) is 0.302. The van der Waals surface area contributed by atoms with E-state index in [-0.39, 0.29) is 6.61 Å². The molecule has 3 heteroatoms. The van der Waals surface area contributed by atoms with Crippen molar-refractivity contribution in [1.29, 1.82) is 0 Å². The molecule has 0 fully saturated rings. The largest absolute Gasteiger partial charge is 0.397 e. The van der Waals surface area contributed by atoms with Gasteiger partial charge in [0.2, 0.25) is 6.29 Å². The van der Waals surface area contributed by atoms with Crippen LogP contribution in [0.1, 0.15) is 13.8 Å². The summed E-state index contributed by atoms with van der Waals surface area (Å²) >= 11 is 0. The molecule has 0 radical (unpaired) electrons. The molecule has 0 spiro atoms. The van der Waals surface area contributed by atoms with Crippen LogP contribution in [-0.2, 0) is 0 Å². The maximum Gasteiger partial charge on any atom is 0.217 e. The predicted molar refractivity (Wildman–Crippen MR) is 34.4 cm³/mol. The zero-order chi connectivity index (χ0) is 7.70. The van der Waals surface area contributed by atoms with Gasteiger partial charge in [-0.25, -0.2) is 0 Å².